The molecule has 0 unspecified atom stereocenters. The Morgan fingerprint density at radius 2 is 2.05 bits per heavy atom. The molecule has 6 nitrogen and oxygen atoms in total. The van der Waals surface area contributed by atoms with Crippen molar-refractivity contribution >= 4 is 16.0 Å². The van der Waals surface area contributed by atoms with Gasteiger partial charge in [0.25, 0.3) is 5.91 Å². The minimum Gasteiger partial charge on any atom is -0.383 e. The van der Waals surface area contributed by atoms with Gasteiger partial charge in [0.05, 0.1) is 6.26 Å². The number of carbonyl (C=O) groups is 1. The van der Waals surface area contributed by atoms with E-state index in [0.29, 0.717) is 5.56 Å². The summed E-state index contributed by atoms with van der Waals surface area (Å²) in [6.45, 7) is 1.78. The smallest absolute Gasteiger partial charge is 0.306 e. The van der Waals surface area contributed by atoms with Crippen LogP contribution in [-0.2, 0) is 10.1 Å². The summed E-state index contributed by atoms with van der Waals surface area (Å²) in [4.78, 5) is 12.1. The Hall–Kier alpha value is -1.60. The van der Waals surface area contributed by atoms with Crippen LogP contribution in [0, 0.1) is 0 Å². The van der Waals surface area contributed by atoms with E-state index in [2.05, 4.69) is 10.6 Å². The van der Waals surface area contributed by atoms with Crippen molar-refractivity contribution in [2.24, 2.45) is 0 Å². The summed E-state index contributed by atoms with van der Waals surface area (Å²) in [6, 6.07) is 6.31. The van der Waals surface area contributed by atoms with E-state index < -0.39 is 10.1 Å². The molecule has 1 fully saturated rings. The van der Waals surface area contributed by atoms with Crippen molar-refractivity contribution in [3.8, 4) is 5.75 Å². The Kier molecular flexibility index (Phi) is 4.61. The molecule has 20 heavy (non-hydrogen) atoms. The zero-order valence-electron chi connectivity index (χ0n) is 11.3. The number of benzene rings is 1. The molecule has 1 saturated heterocycles. The number of carbonyl (C=O) groups excluding carboxylic acids is 1. The van der Waals surface area contributed by atoms with E-state index in [0.717, 1.165) is 32.2 Å². The minimum atomic E-state index is -3.59. The van der Waals surface area contributed by atoms with Gasteiger partial charge in [-0.05, 0) is 44.1 Å². The highest BCUT2D eigenvalue weighted by Gasteiger charge is 2.17. The quantitative estimate of drug-likeness (QED) is 0.791. The van der Waals surface area contributed by atoms with Crippen LogP contribution in [0.15, 0.2) is 24.3 Å². The summed E-state index contributed by atoms with van der Waals surface area (Å²) in [5.41, 5.74) is 0.393. The molecule has 0 spiro atoms. The number of rotatable bonds is 4. The molecule has 0 atom stereocenters. The first-order chi connectivity index (χ1) is 9.44. The number of hydrogen-bond acceptors (Lipinski definition) is 5. The van der Waals surface area contributed by atoms with E-state index in [4.69, 9.17) is 4.18 Å². The second-order valence-electron chi connectivity index (χ2n) is 4.81. The normalized spacial score (nSPS) is 16.6. The second kappa shape index (κ2) is 6.23. The predicted octanol–water partition coefficient (Wildman–Crippen LogP) is 0.507. The van der Waals surface area contributed by atoms with Crippen LogP contribution < -0.4 is 14.8 Å². The van der Waals surface area contributed by atoms with Crippen molar-refractivity contribution in [1.29, 1.82) is 0 Å². The maximum absolute atomic E-state index is 12.1. The highest BCUT2D eigenvalue weighted by atomic mass is 32.2. The molecule has 0 aromatic heterocycles. The van der Waals surface area contributed by atoms with E-state index in [1.165, 1.54) is 12.1 Å². The van der Waals surface area contributed by atoms with E-state index in [1.807, 2.05) is 0 Å². The zero-order chi connectivity index (χ0) is 14.6. The summed E-state index contributed by atoms with van der Waals surface area (Å²) in [7, 11) is -3.59. The molecule has 2 rings (SSSR count). The Morgan fingerprint density at radius 3 is 2.70 bits per heavy atom. The van der Waals surface area contributed by atoms with Gasteiger partial charge in [-0.1, -0.05) is 6.07 Å². The third-order valence-electron chi connectivity index (χ3n) is 3.02. The molecule has 1 aliphatic rings. The van der Waals surface area contributed by atoms with Gasteiger partial charge in [-0.3, -0.25) is 4.79 Å². The highest BCUT2D eigenvalue weighted by Crippen LogP contribution is 2.15. The Labute approximate surface area is 118 Å². The van der Waals surface area contributed by atoms with Crippen molar-refractivity contribution in [2.45, 2.75) is 18.9 Å². The molecule has 1 heterocycles. The molecule has 2 N–H and O–H groups in total. The minimum absolute atomic E-state index is 0.144. The average Bonchev–Trinajstić information content (AvgIpc) is 2.38. The molecule has 1 aromatic carbocycles. The van der Waals surface area contributed by atoms with Gasteiger partial charge < -0.3 is 14.8 Å². The lowest BCUT2D eigenvalue weighted by molar-refractivity contribution is 0.0929. The lowest BCUT2D eigenvalue weighted by Crippen LogP contribution is -2.42. The van der Waals surface area contributed by atoms with E-state index in [1.54, 1.807) is 12.1 Å². The molecule has 110 valence electrons. The molecule has 0 saturated carbocycles. The lowest BCUT2D eigenvalue weighted by Gasteiger charge is -2.23. The third-order valence-corrected chi connectivity index (χ3v) is 3.51. The molecule has 1 aliphatic heterocycles. The predicted molar refractivity (Wildman–Crippen MR) is 75.3 cm³/mol. The van der Waals surface area contributed by atoms with Gasteiger partial charge in [0.15, 0.2) is 0 Å². The number of hydrogen-bond donors (Lipinski definition) is 2. The van der Waals surface area contributed by atoms with Gasteiger partial charge in [-0.25, -0.2) is 0 Å². The number of piperidine rings is 1. The lowest BCUT2D eigenvalue weighted by atomic mass is 10.1. The Morgan fingerprint density at radius 1 is 1.35 bits per heavy atom. The fraction of sp³-hybridized carbons (Fsp3) is 0.462. The largest absolute Gasteiger partial charge is 0.383 e. The van der Waals surface area contributed by atoms with Gasteiger partial charge in [-0.2, -0.15) is 8.42 Å². The number of nitrogens with one attached hydrogen (secondary N) is 2. The molecule has 1 amide bonds. The molecule has 7 heteroatoms. The fourth-order valence-corrected chi connectivity index (χ4v) is 2.55. The molecule has 0 bridgehead atoms. The topological polar surface area (TPSA) is 84.5 Å². The third kappa shape index (κ3) is 4.50. The summed E-state index contributed by atoms with van der Waals surface area (Å²) < 4.78 is 26.9. The highest BCUT2D eigenvalue weighted by molar-refractivity contribution is 7.86. The van der Waals surface area contributed by atoms with Crippen molar-refractivity contribution in [3.63, 3.8) is 0 Å². The number of amides is 1. The Balaban J connectivity index is 2.04. The van der Waals surface area contributed by atoms with Crippen molar-refractivity contribution in [1.82, 2.24) is 10.6 Å². The van der Waals surface area contributed by atoms with Crippen molar-refractivity contribution in [2.75, 3.05) is 19.3 Å². The van der Waals surface area contributed by atoms with E-state index in [-0.39, 0.29) is 17.7 Å². The van der Waals surface area contributed by atoms with Gasteiger partial charge in [-0.15, -0.1) is 0 Å². The van der Waals surface area contributed by atoms with Crippen LogP contribution in [0.4, 0.5) is 0 Å². The first kappa shape index (κ1) is 14.8. The van der Waals surface area contributed by atoms with Crippen LogP contribution in [0.3, 0.4) is 0 Å². The first-order valence-corrected chi connectivity index (χ1v) is 8.27. The Bertz CT molecular complexity index is 580. The van der Waals surface area contributed by atoms with Gasteiger partial charge in [0, 0.05) is 11.6 Å². The average molecular weight is 298 g/mol. The van der Waals surface area contributed by atoms with Gasteiger partial charge >= 0.3 is 10.1 Å². The van der Waals surface area contributed by atoms with E-state index in [9.17, 15) is 13.2 Å². The first-order valence-electron chi connectivity index (χ1n) is 6.45. The monoisotopic (exact) mass is 298 g/mol. The maximum atomic E-state index is 12.1. The van der Waals surface area contributed by atoms with Gasteiger partial charge in [0.1, 0.15) is 5.75 Å². The van der Waals surface area contributed by atoms with Crippen LogP contribution in [-0.4, -0.2) is 39.7 Å². The molecule has 1 aromatic rings. The summed E-state index contributed by atoms with van der Waals surface area (Å²) in [5, 5.41) is 6.17. The molecular formula is C13H18N2O4S. The van der Waals surface area contributed by atoms with Crippen molar-refractivity contribution < 1.29 is 17.4 Å². The molecule has 0 aliphatic carbocycles. The standard InChI is InChI=1S/C13H18N2O4S/c1-20(17,18)19-12-4-2-3-10(9-12)13(16)15-11-5-7-14-8-6-11/h2-4,9,11,14H,5-8H2,1H3,(H,15,16). The SMILES string of the molecule is CS(=O)(=O)Oc1cccc(C(=O)NC2CCNCC2)c1. The van der Waals surface area contributed by atoms with Crippen LogP contribution >= 0.6 is 0 Å². The zero-order valence-corrected chi connectivity index (χ0v) is 12.1. The summed E-state index contributed by atoms with van der Waals surface area (Å²) in [5.74, 6) is -0.0682. The second-order valence-corrected chi connectivity index (χ2v) is 6.39. The van der Waals surface area contributed by atoms with E-state index >= 15 is 0 Å². The van der Waals surface area contributed by atoms with Crippen LogP contribution in [0.25, 0.3) is 0 Å². The molecular weight excluding hydrogens is 280 g/mol. The summed E-state index contributed by atoms with van der Waals surface area (Å²) >= 11 is 0. The van der Waals surface area contributed by atoms with Crippen LogP contribution in [0.1, 0.15) is 23.2 Å². The maximum Gasteiger partial charge on any atom is 0.306 e. The van der Waals surface area contributed by atoms with Crippen LogP contribution in [0.2, 0.25) is 0 Å². The molecule has 0 radical (unpaired) electrons. The fourth-order valence-electron chi connectivity index (χ4n) is 2.10. The summed E-state index contributed by atoms with van der Waals surface area (Å²) in [6.07, 6.45) is 2.76. The van der Waals surface area contributed by atoms with Crippen LogP contribution in [0.5, 0.6) is 5.75 Å². The van der Waals surface area contributed by atoms with Gasteiger partial charge in [0.2, 0.25) is 0 Å². The van der Waals surface area contributed by atoms with Crippen molar-refractivity contribution in [3.05, 3.63) is 29.8 Å².